The van der Waals surface area contributed by atoms with Gasteiger partial charge in [-0.2, -0.15) is 0 Å². The minimum Gasteiger partial charge on any atom is -0.351 e. The number of carbonyl (C=O) groups is 1. The van der Waals surface area contributed by atoms with E-state index < -0.39 is 21.4 Å². The zero-order valence-corrected chi connectivity index (χ0v) is 16.5. The number of nitro groups is 2. The quantitative estimate of drug-likeness (QED) is 0.513. The number of anilines is 2. The number of nitrogens with zero attached hydrogens (tertiary/aromatic N) is 5. The van der Waals surface area contributed by atoms with Gasteiger partial charge in [-0.05, 0) is 25.0 Å². The Morgan fingerprint density at radius 3 is 2.40 bits per heavy atom. The van der Waals surface area contributed by atoms with Gasteiger partial charge in [0, 0.05) is 24.7 Å². The Hall–Kier alpha value is -3.54. The number of hydrogen-bond acceptors (Lipinski definition) is 9. The molecule has 2 N–H and O–H groups in total. The average molecular weight is 436 g/mol. The molecular formula is C17H18ClN7O5. The summed E-state index contributed by atoms with van der Waals surface area (Å²) in [6, 6.07) is 3.53. The third-order valence-corrected chi connectivity index (χ3v) is 4.91. The Morgan fingerprint density at radius 1 is 1.07 bits per heavy atom. The van der Waals surface area contributed by atoms with Crippen LogP contribution in [0, 0.1) is 20.2 Å². The van der Waals surface area contributed by atoms with Crippen LogP contribution in [0.1, 0.15) is 36.0 Å². The minimum atomic E-state index is -0.751. The molecule has 0 unspecified atom stereocenters. The van der Waals surface area contributed by atoms with E-state index >= 15 is 0 Å². The van der Waals surface area contributed by atoms with E-state index in [0.717, 1.165) is 31.7 Å². The molecule has 3 rings (SSSR count). The van der Waals surface area contributed by atoms with Crippen molar-refractivity contribution >= 4 is 40.5 Å². The van der Waals surface area contributed by atoms with Crippen LogP contribution in [0.5, 0.6) is 0 Å². The topological polar surface area (TPSA) is 156 Å². The van der Waals surface area contributed by atoms with Gasteiger partial charge in [0.25, 0.3) is 11.6 Å². The van der Waals surface area contributed by atoms with Gasteiger partial charge in [-0.25, -0.2) is 9.97 Å². The molecule has 1 aliphatic rings. The highest BCUT2D eigenvalue weighted by Gasteiger charge is 2.28. The summed E-state index contributed by atoms with van der Waals surface area (Å²) >= 11 is 5.74. The number of nitro benzene ring substituents is 1. The predicted octanol–water partition coefficient (Wildman–Crippen LogP) is 3.08. The molecule has 0 bridgehead atoms. The van der Waals surface area contributed by atoms with Crippen LogP contribution in [-0.2, 0) is 0 Å². The normalized spacial score (nSPS) is 14.0. The fourth-order valence-electron chi connectivity index (χ4n) is 3.12. The standard InChI is InChI=1S/C17H18ClN7O5/c18-12-6-5-11(9-13(12)24(27)28)17(26)22-21-15-14(25(29)30)16(20-10-19-15)23-7-3-1-2-4-8-23/h5-6,9-10H,1-4,7-8H2,(H,22,26)(H,19,20,21). The Kier molecular flexibility index (Phi) is 6.57. The first-order valence-electron chi connectivity index (χ1n) is 9.13. The van der Waals surface area contributed by atoms with Crippen molar-refractivity contribution in [2.45, 2.75) is 25.7 Å². The molecule has 1 aliphatic heterocycles. The van der Waals surface area contributed by atoms with Crippen molar-refractivity contribution in [1.82, 2.24) is 15.4 Å². The van der Waals surface area contributed by atoms with E-state index in [9.17, 15) is 25.0 Å². The highest BCUT2D eigenvalue weighted by atomic mass is 35.5. The molecular weight excluding hydrogens is 418 g/mol. The van der Waals surface area contributed by atoms with E-state index in [-0.39, 0.29) is 27.9 Å². The number of nitrogens with one attached hydrogen (secondary N) is 2. The number of hydrazine groups is 1. The summed E-state index contributed by atoms with van der Waals surface area (Å²) in [5.41, 5.74) is 3.86. The van der Waals surface area contributed by atoms with Crippen molar-refractivity contribution in [2.24, 2.45) is 0 Å². The van der Waals surface area contributed by atoms with Crippen molar-refractivity contribution in [3.05, 3.63) is 55.3 Å². The smallest absolute Gasteiger partial charge is 0.351 e. The van der Waals surface area contributed by atoms with Crippen LogP contribution in [0.25, 0.3) is 0 Å². The summed E-state index contributed by atoms with van der Waals surface area (Å²) in [5, 5.41) is 22.6. The van der Waals surface area contributed by atoms with Gasteiger partial charge in [0.05, 0.1) is 9.85 Å². The number of rotatable bonds is 6. The highest BCUT2D eigenvalue weighted by molar-refractivity contribution is 6.32. The number of benzene rings is 1. The van der Waals surface area contributed by atoms with Crippen molar-refractivity contribution in [3.63, 3.8) is 0 Å². The van der Waals surface area contributed by atoms with Crippen LogP contribution >= 0.6 is 11.6 Å². The lowest BCUT2D eigenvalue weighted by atomic mass is 10.2. The Labute approximate surface area is 175 Å². The van der Waals surface area contributed by atoms with Crippen molar-refractivity contribution in [2.75, 3.05) is 23.4 Å². The minimum absolute atomic E-state index is 0.0527. The van der Waals surface area contributed by atoms with E-state index in [1.165, 1.54) is 18.5 Å². The maximum atomic E-state index is 12.4. The molecule has 1 aromatic carbocycles. The Morgan fingerprint density at radius 2 is 1.77 bits per heavy atom. The summed E-state index contributed by atoms with van der Waals surface area (Å²) in [4.78, 5) is 43.5. The number of amides is 1. The van der Waals surface area contributed by atoms with Gasteiger partial charge < -0.3 is 4.90 Å². The third kappa shape index (κ3) is 4.71. The van der Waals surface area contributed by atoms with Crippen LogP contribution in [-0.4, -0.2) is 38.8 Å². The van der Waals surface area contributed by atoms with E-state index in [4.69, 9.17) is 11.6 Å². The molecule has 0 saturated carbocycles. The van der Waals surface area contributed by atoms with E-state index in [1.54, 1.807) is 0 Å². The summed E-state index contributed by atoms with van der Waals surface area (Å²) < 4.78 is 0. The molecule has 12 nitrogen and oxygen atoms in total. The maximum absolute atomic E-state index is 12.4. The molecule has 2 aromatic rings. The zero-order valence-electron chi connectivity index (χ0n) is 15.7. The Bertz CT molecular complexity index is 979. The first-order chi connectivity index (χ1) is 14.4. The number of aromatic nitrogens is 2. The van der Waals surface area contributed by atoms with Crippen molar-refractivity contribution in [3.8, 4) is 0 Å². The van der Waals surface area contributed by atoms with Gasteiger partial charge >= 0.3 is 5.69 Å². The predicted molar refractivity (Wildman–Crippen MR) is 109 cm³/mol. The summed E-state index contributed by atoms with van der Waals surface area (Å²) in [5.74, 6) is -0.763. The van der Waals surface area contributed by atoms with Gasteiger partial charge in [0.2, 0.25) is 11.6 Å². The molecule has 30 heavy (non-hydrogen) atoms. The van der Waals surface area contributed by atoms with Gasteiger partial charge in [-0.1, -0.05) is 24.4 Å². The molecule has 0 atom stereocenters. The number of carbonyl (C=O) groups excluding carboxylic acids is 1. The van der Waals surface area contributed by atoms with Crippen LogP contribution in [0.15, 0.2) is 24.5 Å². The van der Waals surface area contributed by atoms with E-state index in [2.05, 4.69) is 20.8 Å². The first kappa shape index (κ1) is 21.2. The molecule has 0 aliphatic carbocycles. The van der Waals surface area contributed by atoms with E-state index in [1.807, 2.05) is 4.90 Å². The zero-order chi connectivity index (χ0) is 21.7. The molecule has 1 fully saturated rings. The second-order valence-corrected chi connectivity index (χ2v) is 6.96. The summed E-state index contributed by atoms with van der Waals surface area (Å²) in [6.07, 6.45) is 5.06. The second kappa shape index (κ2) is 9.31. The second-order valence-electron chi connectivity index (χ2n) is 6.56. The van der Waals surface area contributed by atoms with Gasteiger partial charge in [-0.15, -0.1) is 0 Å². The largest absolute Gasteiger partial charge is 0.355 e. The van der Waals surface area contributed by atoms with E-state index in [0.29, 0.717) is 13.1 Å². The number of hydrogen-bond donors (Lipinski definition) is 2. The van der Waals surface area contributed by atoms with Crippen LogP contribution in [0.2, 0.25) is 5.02 Å². The maximum Gasteiger partial charge on any atom is 0.355 e. The Balaban J connectivity index is 1.82. The lowest BCUT2D eigenvalue weighted by molar-refractivity contribution is -0.384. The third-order valence-electron chi connectivity index (χ3n) is 4.59. The molecule has 1 amide bonds. The van der Waals surface area contributed by atoms with Gasteiger partial charge in [0.15, 0.2) is 0 Å². The van der Waals surface area contributed by atoms with Crippen LogP contribution in [0.3, 0.4) is 0 Å². The van der Waals surface area contributed by atoms with Crippen molar-refractivity contribution in [1.29, 1.82) is 0 Å². The molecule has 2 heterocycles. The fourth-order valence-corrected chi connectivity index (χ4v) is 3.31. The molecule has 158 valence electrons. The summed E-state index contributed by atoms with van der Waals surface area (Å²) in [6.45, 7) is 1.27. The lowest BCUT2D eigenvalue weighted by Gasteiger charge is -2.21. The molecule has 0 spiro atoms. The highest BCUT2D eigenvalue weighted by Crippen LogP contribution is 2.32. The fraction of sp³-hybridized carbons (Fsp3) is 0.353. The van der Waals surface area contributed by atoms with Crippen LogP contribution in [0.4, 0.5) is 23.0 Å². The molecule has 0 radical (unpaired) electrons. The lowest BCUT2D eigenvalue weighted by Crippen LogP contribution is -2.31. The summed E-state index contributed by atoms with van der Waals surface area (Å²) in [7, 11) is 0. The number of halogens is 1. The molecule has 13 heteroatoms. The first-order valence-corrected chi connectivity index (χ1v) is 9.51. The van der Waals surface area contributed by atoms with Crippen LogP contribution < -0.4 is 15.8 Å². The average Bonchev–Trinajstić information content (AvgIpc) is 3.01. The molecule has 1 aromatic heterocycles. The molecule has 1 saturated heterocycles. The van der Waals surface area contributed by atoms with Gasteiger partial charge in [0.1, 0.15) is 11.3 Å². The monoisotopic (exact) mass is 435 g/mol. The SMILES string of the molecule is O=C(NNc1ncnc(N2CCCCCC2)c1[N+](=O)[O-])c1ccc(Cl)c([N+](=O)[O-])c1. The van der Waals surface area contributed by atoms with Gasteiger partial charge in [-0.3, -0.25) is 35.9 Å². The van der Waals surface area contributed by atoms with Crippen molar-refractivity contribution < 1.29 is 14.6 Å².